The van der Waals surface area contributed by atoms with E-state index in [1.54, 1.807) is 6.92 Å². The number of ether oxygens (including phenoxy) is 1. The van der Waals surface area contributed by atoms with Crippen LogP contribution in [0.5, 0.6) is 0 Å². The third-order valence-electron chi connectivity index (χ3n) is 0.642. The summed E-state index contributed by atoms with van der Waals surface area (Å²) >= 11 is 0. The van der Waals surface area contributed by atoms with Crippen LogP contribution < -0.4 is 0 Å². The SMILES string of the molecule is CCOC(=O)/C=C\C([O])=O. The second kappa shape index (κ2) is 4.55. The molecule has 0 aliphatic rings. The molecule has 4 nitrogen and oxygen atoms in total. The first-order chi connectivity index (χ1) is 4.66. The van der Waals surface area contributed by atoms with E-state index in [9.17, 15) is 14.7 Å². The van der Waals surface area contributed by atoms with Crippen LogP contribution in [0.15, 0.2) is 12.2 Å². The molecule has 0 aromatic rings. The van der Waals surface area contributed by atoms with Crippen LogP contribution in [0.25, 0.3) is 0 Å². The summed E-state index contributed by atoms with van der Waals surface area (Å²) in [6.07, 6.45) is 1.43. The standard InChI is InChI=1S/C6H7O4/c1-2-10-6(9)4-3-5(7)8/h3-4H,2H2,1H3/b4-3-. The molecule has 0 aromatic carbocycles. The highest BCUT2D eigenvalue weighted by molar-refractivity contribution is 5.90. The number of hydrogen-bond donors (Lipinski definition) is 0. The molecule has 0 unspecified atom stereocenters. The van der Waals surface area contributed by atoms with Crippen LogP contribution in [0.4, 0.5) is 0 Å². The highest BCUT2D eigenvalue weighted by Gasteiger charge is 1.95. The Hall–Kier alpha value is -1.32. The zero-order valence-electron chi connectivity index (χ0n) is 5.49. The Bertz CT molecular complexity index is 159. The summed E-state index contributed by atoms with van der Waals surface area (Å²) in [4.78, 5) is 20.0. The van der Waals surface area contributed by atoms with Crippen LogP contribution >= 0.6 is 0 Å². The van der Waals surface area contributed by atoms with Gasteiger partial charge in [0.25, 0.3) is 0 Å². The van der Waals surface area contributed by atoms with Crippen molar-refractivity contribution in [1.29, 1.82) is 0 Å². The normalized spacial score (nSPS) is 9.70. The third kappa shape index (κ3) is 4.83. The van der Waals surface area contributed by atoms with Crippen LogP contribution in [-0.4, -0.2) is 18.5 Å². The van der Waals surface area contributed by atoms with E-state index in [1.165, 1.54) is 0 Å². The van der Waals surface area contributed by atoms with E-state index < -0.39 is 11.9 Å². The zero-order valence-corrected chi connectivity index (χ0v) is 5.49. The van der Waals surface area contributed by atoms with Crippen molar-refractivity contribution < 1.29 is 19.4 Å². The van der Waals surface area contributed by atoms with Crippen molar-refractivity contribution in [3.05, 3.63) is 12.2 Å². The molecular weight excluding hydrogens is 136 g/mol. The molecule has 0 saturated carbocycles. The predicted octanol–water partition coefficient (Wildman–Crippen LogP) is 0.0628. The maximum absolute atomic E-state index is 10.3. The molecule has 0 N–H and O–H groups in total. The molecule has 0 spiro atoms. The highest BCUT2D eigenvalue weighted by atomic mass is 16.5. The van der Waals surface area contributed by atoms with E-state index in [-0.39, 0.29) is 6.61 Å². The molecule has 0 amide bonds. The second-order valence-electron chi connectivity index (χ2n) is 1.40. The van der Waals surface area contributed by atoms with Crippen molar-refractivity contribution in [2.24, 2.45) is 0 Å². The molecule has 0 heterocycles. The van der Waals surface area contributed by atoms with Crippen LogP contribution in [-0.2, 0) is 19.4 Å². The second-order valence-corrected chi connectivity index (χ2v) is 1.40. The smallest absolute Gasteiger partial charge is 0.379 e. The Balaban J connectivity index is 3.67. The van der Waals surface area contributed by atoms with Crippen molar-refractivity contribution in [1.82, 2.24) is 0 Å². The van der Waals surface area contributed by atoms with Crippen LogP contribution in [0.3, 0.4) is 0 Å². The van der Waals surface area contributed by atoms with Gasteiger partial charge in [-0.1, -0.05) is 0 Å². The molecule has 0 bridgehead atoms. The van der Waals surface area contributed by atoms with Crippen LogP contribution in [0, 0.1) is 0 Å². The number of carbonyl (C=O) groups excluding carboxylic acids is 2. The molecule has 0 aromatic heterocycles. The summed E-state index contributed by atoms with van der Waals surface area (Å²) in [6, 6.07) is 0. The average molecular weight is 143 g/mol. The summed E-state index contributed by atoms with van der Waals surface area (Å²) in [5.74, 6) is -2.08. The average Bonchev–Trinajstić information content (AvgIpc) is 1.85. The molecule has 4 heteroatoms. The molecule has 1 radical (unpaired) electrons. The maximum atomic E-state index is 10.3. The number of hydrogen-bond acceptors (Lipinski definition) is 3. The van der Waals surface area contributed by atoms with Crippen molar-refractivity contribution in [3.8, 4) is 0 Å². The van der Waals surface area contributed by atoms with Gasteiger partial charge in [0.05, 0.1) is 6.61 Å². The molecule has 10 heavy (non-hydrogen) atoms. The van der Waals surface area contributed by atoms with Gasteiger partial charge in [0.2, 0.25) is 0 Å². The Morgan fingerprint density at radius 3 is 2.40 bits per heavy atom. The van der Waals surface area contributed by atoms with Crippen LogP contribution in [0.1, 0.15) is 6.92 Å². The van der Waals surface area contributed by atoms with Gasteiger partial charge in [-0.3, -0.25) is 0 Å². The molecule has 55 valence electrons. The molecule has 0 fully saturated rings. The fourth-order valence-corrected chi connectivity index (χ4v) is 0.326. The summed E-state index contributed by atoms with van der Waals surface area (Å²) < 4.78 is 4.38. The van der Waals surface area contributed by atoms with E-state index in [0.717, 1.165) is 6.08 Å². The van der Waals surface area contributed by atoms with Gasteiger partial charge in [-0.15, -0.1) is 0 Å². The lowest BCUT2D eigenvalue weighted by molar-refractivity contribution is -0.140. The monoisotopic (exact) mass is 143 g/mol. The summed E-state index contributed by atoms with van der Waals surface area (Å²) in [7, 11) is 0. The van der Waals surface area contributed by atoms with E-state index in [0.29, 0.717) is 6.08 Å². The van der Waals surface area contributed by atoms with Crippen molar-refractivity contribution in [3.63, 3.8) is 0 Å². The molecule has 0 aliphatic carbocycles. The van der Waals surface area contributed by atoms with Crippen molar-refractivity contribution in [2.45, 2.75) is 6.92 Å². The van der Waals surface area contributed by atoms with Gasteiger partial charge < -0.3 is 4.74 Å². The van der Waals surface area contributed by atoms with Gasteiger partial charge in [-0.2, -0.15) is 0 Å². The van der Waals surface area contributed by atoms with Crippen molar-refractivity contribution in [2.75, 3.05) is 6.61 Å². The van der Waals surface area contributed by atoms with Gasteiger partial charge in [-0.25, -0.2) is 14.7 Å². The number of rotatable bonds is 3. The van der Waals surface area contributed by atoms with E-state index >= 15 is 0 Å². The minimum Gasteiger partial charge on any atom is -0.463 e. The highest BCUT2D eigenvalue weighted by Crippen LogP contribution is 1.80. The lowest BCUT2D eigenvalue weighted by atomic mass is 10.5. The van der Waals surface area contributed by atoms with E-state index in [2.05, 4.69) is 4.74 Å². The lowest BCUT2D eigenvalue weighted by Gasteiger charge is -1.91. The van der Waals surface area contributed by atoms with Gasteiger partial charge >= 0.3 is 11.9 Å². The Morgan fingerprint density at radius 1 is 1.40 bits per heavy atom. The summed E-state index contributed by atoms with van der Waals surface area (Å²) in [6.45, 7) is 1.86. The first-order valence-corrected chi connectivity index (χ1v) is 2.72. The fraction of sp³-hybridized carbons (Fsp3) is 0.333. The first-order valence-electron chi connectivity index (χ1n) is 2.72. The zero-order chi connectivity index (χ0) is 7.98. The fourth-order valence-electron chi connectivity index (χ4n) is 0.326. The minimum absolute atomic E-state index is 0.232. The predicted molar refractivity (Wildman–Crippen MR) is 31.5 cm³/mol. The van der Waals surface area contributed by atoms with E-state index in [4.69, 9.17) is 0 Å². The van der Waals surface area contributed by atoms with Gasteiger partial charge in [0.1, 0.15) is 0 Å². The Morgan fingerprint density at radius 2 is 2.00 bits per heavy atom. The van der Waals surface area contributed by atoms with Crippen molar-refractivity contribution >= 4 is 11.9 Å². The molecule has 0 saturated heterocycles. The Labute approximate surface area is 58.1 Å². The third-order valence-corrected chi connectivity index (χ3v) is 0.642. The number of carbonyl (C=O) groups is 2. The van der Waals surface area contributed by atoms with Gasteiger partial charge in [-0.05, 0) is 6.92 Å². The maximum Gasteiger partial charge on any atom is 0.379 e. The van der Waals surface area contributed by atoms with E-state index in [1.807, 2.05) is 0 Å². The van der Waals surface area contributed by atoms with Gasteiger partial charge in [0, 0.05) is 12.2 Å². The summed E-state index contributed by atoms with van der Waals surface area (Å²) in [5.41, 5.74) is 0. The van der Waals surface area contributed by atoms with Crippen LogP contribution in [0.2, 0.25) is 0 Å². The molecule has 0 rings (SSSR count). The first kappa shape index (κ1) is 8.68. The minimum atomic E-state index is -1.41. The Kier molecular flexibility index (Phi) is 3.95. The van der Waals surface area contributed by atoms with Gasteiger partial charge in [0.15, 0.2) is 0 Å². The summed E-state index contributed by atoms with van der Waals surface area (Å²) in [5, 5.41) is 9.70. The molecular formula is C6H7O4. The quantitative estimate of drug-likeness (QED) is 0.414. The lowest BCUT2D eigenvalue weighted by Crippen LogP contribution is -2.00. The number of esters is 1. The largest absolute Gasteiger partial charge is 0.463 e. The topological polar surface area (TPSA) is 63.3 Å². The molecule has 0 atom stereocenters. The molecule has 0 aliphatic heterocycles.